The van der Waals surface area contributed by atoms with Crippen molar-refractivity contribution < 1.29 is 9.59 Å². The second-order valence-electron chi connectivity index (χ2n) is 6.97. The van der Waals surface area contributed by atoms with Crippen LogP contribution in [0.1, 0.15) is 25.7 Å². The van der Waals surface area contributed by atoms with E-state index in [1.54, 1.807) is 0 Å². The zero-order chi connectivity index (χ0) is 15.5. The second kappa shape index (κ2) is 4.82. The van der Waals surface area contributed by atoms with E-state index in [0.717, 1.165) is 35.8 Å². The van der Waals surface area contributed by atoms with Gasteiger partial charge in [-0.25, -0.2) is 0 Å². The van der Waals surface area contributed by atoms with Gasteiger partial charge >= 0.3 is 0 Å². The molecule has 4 rings (SSSR count). The van der Waals surface area contributed by atoms with Gasteiger partial charge < -0.3 is 11.1 Å². The summed E-state index contributed by atoms with van der Waals surface area (Å²) in [5.41, 5.74) is 6.67. The van der Waals surface area contributed by atoms with Gasteiger partial charge in [0.2, 0.25) is 11.8 Å². The Hall–Kier alpha value is -1.36. The fourth-order valence-corrected chi connectivity index (χ4v) is 5.41. The Bertz CT molecular complexity index is 639. The lowest BCUT2D eigenvalue weighted by atomic mass is 9.78. The fraction of sp³-hybridized carbons (Fsp3) is 0.529. The number of anilines is 1. The number of amides is 2. The number of nitrogens with one attached hydrogen (secondary N) is 1. The molecule has 5 heteroatoms. The Morgan fingerprint density at radius 1 is 1.09 bits per heavy atom. The van der Waals surface area contributed by atoms with Crippen LogP contribution >= 0.6 is 15.9 Å². The van der Waals surface area contributed by atoms with E-state index in [-0.39, 0.29) is 29.1 Å². The van der Waals surface area contributed by atoms with Gasteiger partial charge in [0.05, 0.1) is 11.8 Å². The molecular weight excluding hydrogens is 344 g/mol. The molecule has 22 heavy (non-hydrogen) atoms. The number of primary amides is 1. The number of halogens is 1. The maximum atomic E-state index is 12.8. The van der Waals surface area contributed by atoms with Crippen molar-refractivity contribution in [2.75, 3.05) is 5.32 Å². The standard InChI is InChI=1S/C17H19BrN2O2/c18-9-1-3-10(4-2-9)20-16(22)14-12-6-5-11(13(14)15(19)21)17(12)7-8-17/h1-4,11-14H,5-8H2,(H2,19,21)(H,20,22). The molecular formula is C17H19BrN2O2. The van der Waals surface area contributed by atoms with Gasteiger partial charge in [0, 0.05) is 10.2 Å². The van der Waals surface area contributed by atoms with Gasteiger partial charge in [0.1, 0.15) is 0 Å². The van der Waals surface area contributed by atoms with Crippen molar-refractivity contribution in [3.8, 4) is 0 Å². The van der Waals surface area contributed by atoms with Crippen molar-refractivity contribution in [3.05, 3.63) is 28.7 Å². The van der Waals surface area contributed by atoms with Crippen LogP contribution in [0.4, 0.5) is 5.69 Å². The van der Waals surface area contributed by atoms with Crippen LogP contribution in [-0.2, 0) is 9.59 Å². The third kappa shape index (κ3) is 1.94. The molecule has 3 fully saturated rings. The lowest BCUT2D eigenvalue weighted by Crippen LogP contribution is -2.40. The van der Waals surface area contributed by atoms with Gasteiger partial charge in [-0.05, 0) is 67.2 Å². The predicted molar refractivity (Wildman–Crippen MR) is 86.8 cm³/mol. The van der Waals surface area contributed by atoms with Gasteiger partial charge in [0.15, 0.2) is 0 Å². The molecule has 3 aliphatic carbocycles. The summed E-state index contributed by atoms with van der Waals surface area (Å²) in [5.74, 6) is -0.195. The Morgan fingerprint density at radius 2 is 1.68 bits per heavy atom. The summed E-state index contributed by atoms with van der Waals surface area (Å²) in [5, 5.41) is 2.98. The topological polar surface area (TPSA) is 72.2 Å². The summed E-state index contributed by atoms with van der Waals surface area (Å²) >= 11 is 3.38. The van der Waals surface area contributed by atoms with Crippen LogP contribution in [0.15, 0.2) is 28.7 Å². The van der Waals surface area contributed by atoms with Crippen LogP contribution in [0.25, 0.3) is 0 Å². The van der Waals surface area contributed by atoms with Gasteiger partial charge in [-0.1, -0.05) is 15.9 Å². The summed E-state index contributed by atoms with van der Waals surface area (Å²) < 4.78 is 0.970. The third-order valence-electron chi connectivity index (χ3n) is 6.09. The Labute approximate surface area is 138 Å². The molecule has 0 heterocycles. The molecule has 0 aliphatic heterocycles. The highest BCUT2D eigenvalue weighted by atomic mass is 79.9. The monoisotopic (exact) mass is 362 g/mol. The molecule has 4 nitrogen and oxygen atoms in total. The minimum Gasteiger partial charge on any atom is -0.369 e. The predicted octanol–water partition coefficient (Wildman–Crippen LogP) is 2.93. The van der Waals surface area contributed by atoms with Crippen LogP contribution in [0.5, 0.6) is 0 Å². The fourth-order valence-electron chi connectivity index (χ4n) is 5.15. The highest BCUT2D eigenvalue weighted by Gasteiger charge is 2.71. The largest absolute Gasteiger partial charge is 0.369 e. The summed E-state index contributed by atoms with van der Waals surface area (Å²) in [4.78, 5) is 24.7. The number of nitrogens with two attached hydrogens (primary N) is 1. The smallest absolute Gasteiger partial charge is 0.228 e. The normalized spacial score (nSPS) is 33.9. The van der Waals surface area contributed by atoms with E-state index in [2.05, 4.69) is 21.2 Å². The number of hydrogen-bond donors (Lipinski definition) is 2. The van der Waals surface area contributed by atoms with E-state index in [0.29, 0.717) is 11.8 Å². The number of hydrogen-bond acceptors (Lipinski definition) is 2. The van der Waals surface area contributed by atoms with Crippen molar-refractivity contribution in [2.24, 2.45) is 34.8 Å². The lowest BCUT2D eigenvalue weighted by molar-refractivity contribution is -0.132. The summed E-state index contributed by atoms with van der Waals surface area (Å²) in [6, 6.07) is 7.51. The lowest BCUT2D eigenvalue weighted by Gasteiger charge is -2.27. The first-order valence-corrected chi connectivity index (χ1v) is 8.68. The first-order valence-electron chi connectivity index (χ1n) is 7.89. The summed E-state index contributed by atoms with van der Waals surface area (Å²) in [6.07, 6.45) is 4.44. The molecule has 1 aromatic carbocycles. The molecule has 0 radical (unpaired) electrons. The van der Waals surface area contributed by atoms with E-state index >= 15 is 0 Å². The number of carbonyl (C=O) groups is 2. The Morgan fingerprint density at radius 3 is 2.23 bits per heavy atom. The van der Waals surface area contributed by atoms with E-state index in [1.165, 1.54) is 0 Å². The second-order valence-corrected chi connectivity index (χ2v) is 7.89. The molecule has 3 saturated carbocycles. The quantitative estimate of drug-likeness (QED) is 0.867. The highest BCUT2D eigenvalue weighted by molar-refractivity contribution is 9.10. The van der Waals surface area contributed by atoms with E-state index in [4.69, 9.17) is 5.73 Å². The summed E-state index contributed by atoms with van der Waals surface area (Å²) in [6.45, 7) is 0. The van der Waals surface area contributed by atoms with Gasteiger partial charge in [0.25, 0.3) is 0 Å². The van der Waals surface area contributed by atoms with E-state index in [1.807, 2.05) is 24.3 Å². The molecule has 4 atom stereocenters. The van der Waals surface area contributed by atoms with E-state index < -0.39 is 0 Å². The van der Waals surface area contributed by atoms with E-state index in [9.17, 15) is 9.59 Å². The third-order valence-corrected chi connectivity index (χ3v) is 6.62. The van der Waals surface area contributed by atoms with Gasteiger partial charge in [-0.2, -0.15) is 0 Å². The SMILES string of the molecule is NC(=O)C1C(C(=O)Nc2ccc(Br)cc2)C2CCC1C21CC1. The molecule has 3 N–H and O–H groups in total. The first-order chi connectivity index (χ1) is 10.5. The van der Waals surface area contributed by atoms with Gasteiger partial charge in [-0.15, -0.1) is 0 Å². The molecule has 1 aromatic rings. The number of carbonyl (C=O) groups excluding carboxylic acids is 2. The van der Waals surface area contributed by atoms with Crippen LogP contribution in [0.3, 0.4) is 0 Å². The molecule has 2 bridgehead atoms. The maximum Gasteiger partial charge on any atom is 0.228 e. The van der Waals surface area contributed by atoms with Crippen molar-refractivity contribution in [3.63, 3.8) is 0 Å². The molecule has 3 aliphatic rings. The van der Waals surface area contributed by atoms with Crippen LogP contribution < -0.4 is 11.1 Å². The first kappa shape index (κ1) is 14.2. The molecule has 0 saturated heterocycles. The van der Waals surface area contributed by atoms with Crippen LogP contribution in [0.2, 0.25) is 0 Å². The molecule has 2 amide bonds. The molecule has 4 unspecified atom stereocenters. The zero-order valence-electron chi connectivity index (χ0n) is 12.2. The number of benzene rings is 1. The van der Waals surface area contributed by atoms with Gasteiger partial charge in [-0.3, -0.25) is 9.59 Å². The molecule has 116 valence electrons. The number of rotatable bonds is 3. The molecule has 1 spiro atoms. The maximum absolute atomic E-state index is 12.8. The zero-order valence-corrected chi connectivity index (χ0v) is 13.8. The van der Waals surface area contributed by atoms with Crippen molar-refractivity contribution in [1.29, 1.82) is 0 Å². The average Bonchev–Trinajstić information content (AvgIpc) is 3.15. The Kier molecular flexibility index (Phi) is 3.12. The van der Waals surface area contributed by atoms with Crippen molar-refractivity contribution in [1.82, 2.24) is 0 Å². The summed E-state index contributed by atoms with van der Waals surface area (Å²) in [7, 11) is 0. The minimum atomic E-state index is -0.297. The van der Waals surface area contributed by atoms with Crippen molar-refractivity contribution in [2.45, 2.75) is 25.7 Å². The van der Waals surface area contributed by atoms with Crippen molar-refractivity contribution >= 4 is 33.4 Å². The van der Waals surface area contributed by atoms with Crippen LogP contribution in [-0.4, -0.2) is 11.8 Å². The minimum absolute atomic E-state index is 0.0374. The van der Waals surface area contributed by atoms with Crippen LogP contribution in [0, 0.1) is 29.1 Å². The Balaban J connectivity index is 1.59. The highest BCUT2D eigenvalue weighted by Crippen LogP contribution is 2.74. The average molecular weight is 363 g/mol. The molecule has 0 aromatic heterocycles.